The summed E-state index contributed by atoms with van der Waals surface area (Å²) < 4.78 is 25.7. The van der Waals surface area contributed by atoms with Gasteiger partial charge in [-0.15, -0.1) is 0 Å². The average molecular weight is 587 g/mol. The molecule has 3 aliphatic rings. The van der Waals surface area contributed by atoms with Crippen molar-refractivity contribution >= 4 is 17.5 Å². The molecule has 3 heterocycles. The number of para-hydroxylation sites is 1. The highest BCUT2D eigenvalue weighted by Crippen LogP contribution is 2.44. The number of carbonyl (C=O) groups excluding carboxylic acids is 2. The molecule has 6 rings (SSSR count). The van der Waals surface area contributed by atoms with Crippen LogP contribution in [-0.4, -0.2) is 98.7 Å². The molecule has 2 fully saturated rings. The van der Waals surface area contributed by atoms with Gasteiger partial charge in [0.15, 0.2) is 0 Å². The topological polar surface area (TPSA) is 65.6 Å². The fourth-order valence-corrected chi connectivity index (χ4v) is 6.55. The van der Waals surface area contributed by atoms with Crippen molar-refractivity contribution in [2.24, 2.45) is 0 Å². The van der Waals surface area contributed by atoms with E-state index in [1.807, 2.05) is 76.2 Å². The monoisotopic (exact) mass is 586 g/mol. The smallest absolute Gasteiger partial charge is 0.254 e. The number of nitrogens with zero attached hydrogens (tertiary/aromatic N) is 4. The lowest BCUT2D eigenvalue weighted by atomic mass is 9.78. The molecule has 2 amide bonds. The normalized spacial score (nSPS) is 21.1. The van der Waals surface area contributed by atoms with Crippen molar-refractivity contribution in [2.75, 3.05) is 77.1 Å². The molecular formula is C34H39FN4O4. The molecule has 226 valence electrons. The molecule has 2 saturated heterocycles. The summed E-state index contributed by atoms with van der Waals surface area (Å²) in [7, 11) is 0. The van der Waals surface area contributed by atoms with Gasteiger partial charge < -0.3 is 24.2 Å². The maximum Gasteiger partial charge on any atom is 0.254 e. The van der Waals surface area contributed by atoms with E-state index in [0.717, 1.165) is 30.0 Å². The molecule has 0 aliphatic carbocycles. The first kappa shape index (κ1) is 29.1. The molecule has 3 aromatic carbocycles. The molecule has 8 nitrogen and oxygen atoms in total. The molecule has 0 N–H and O–H groups in total. The number of hydrogen-bond acceptors (Lipinski definition) is 6. The third-order valence-electron chi connectivity index (χ3n) is 8.78. The minimum atomic E-state index is -0.573. The molecule has 3 aliphatic heterocycles. The van der Waals surface area contributed by atoms with Crippen LogP contribution in [0.15, 0.2) is 72.8 Å². The highest BCUT2D eigenvalue weighted by atomic mass is 19.1. The van der Waals surface area contributed by atoms with Crippen LogP contribution in [0.2, 0.25) is 0 Å². The van der Waals surface area contributed by atoms with Crippen LogP contribution in [0.25, 0.3) is 0 Å². The van der Waals surface area contributed by atoms with Gasteiger partial charge >= 0.3 is 0 Å². The zero-order valence-corrected chi connectivity index (χ0v) is 24.7. The van der Waals surface area contributed by atoms with Crippen molar-refractivity contribution in [1.29, 1.82) is 0 Å². The summed E-state index contributed by atoms with van der Waals surface area (Å²) in [5.41, 5.74) is 2.80. The second kappa shape index (κ2) is 13.1. The van der Waals surface area contributed by atoms with Crippen LogP contribution >= 0.6 is 0 Å². The van der Waals surface area contributed by atoms with E-state index in [-0.39, 0.29) is 17.6 Å². The Labute approximate surface area is 252 Å². The molecule has 2 atom stereocenters. The van der Waals surface area contributed by atoms with E-state index in [1.165, 1.54) is 6.07 Å². The minimum absolute atomic E-state index is 0.0107. The van der Waals surface area contributed by atoms with Gasteiger partial charge in [-0.1, -0.05) is 42.5 Å². The Morgan fingerprint density at radius 1 is 0.884 bits per heavy atom. The standard InChI is InChI=1S/C34H39FN4O4/c1-2-43-26-13-11-25(12-14-26)32-31(34(41)38-18-16-37(17-19-38)30-10-6-5-9-29(30)35)27-7-3-4-8-28(27)33(40)39(32)20-15-36-21-23-42-24-22-36/h3-14,31-32H,2,15-24H2,1H3/t31-,32-/m1/s1. The van der Waals surface area contributed by atoms with E-state index in [9.17, 15) is 14.0 Å². The number of fused-ring (bicyclic) bond motifs is 1. The first-order valence-electron chi connectivity index (χ1n) is 15.3. The minimum Gasteiger partial charge on any atom is -0.494 e. The van der Waals surface area contributed by atoms with Crippen LogP contribution in [0.3, 0.4) is 0 Å². The summed E-state index contributed by atoms with van der Waals surface area (Å²) in [5, 5.41) is 0. The maximum absolute atomic E-state index is 14.6. The van der Waals surface area contributed by atoms with Gasteiger partial charge in [0.2, 0.25) is 5.91 Å². The fraction of sp³-hybridized carbons (Fsp3) is 0.412. The summed E-state index contributed by atoms with van der Waals surface area (Å²) in [6, 6.07) is 21.6. The average Bonchev–Trinajstić information content (AvgIpc) is 3.05. The number of ether oxygens (including phenoxy) is 2. The zero-order chi connectivity index (χ0) is 29.8. The Bertz CT molecular complexity index is 1420. The predicted molar refractivity (Wildman–Crippen MR) is 163 cm³/mol. The van der Waals surface area contributed by atoms with Gasteiger partial charge in [0, 0.05) is 57.9 Å². The van der Waals surface area contributed by atoms with Crippen molar-refractivity contribution < 1.29 is 23.5 Å². The lowest BCUT2D eigenvalue weighted by molar-refractivity contribution is -0.135. The van der Waals surface area contributed by atoms with Crippen molar-refractivity contribution in [3.63, 3.8) is 0 Å². The predicted octanol–water partition coefficient (Wildman–Crippen LogP) is 4.19. The number of carbonyl (C=O) groups is 2. The van der Waals surface area contributed by atoms with Gasteiger partial charge in [-0.05, 0) is 48.4 Å². The summed E-state index contributed by atoms with van der Waals surface area (Å²) in [6.07, 6.45) is 0. The molecule has 0 radical (unpaired) electrons. The van der Waals surface area contributed by atoms with E-state index >= 15 is 0 Å². The van der Waals surface area contributed by atoms with Crippen LogP contribution in [0.5, 0.6) is 5.75 Å². The molecule has 43 heavy (non-hydrogen) atoms. The number of hydrogen-bond donors (Lipinski definition) is 0. The van der Waals surface area contributed by atoms with Crippen LogP contribution in [0.4, 0.5) is 10.1 Å². The first-order valence-corrected chi connectivity index (χ1v) is 15.3. The Balaban J connectivity index is 1.32. The van der Waals surface area contributed by atoms with Crippen molar-refractivity contribution in [3.8, 4) is 5.75 Å². The second-order valence-corrected chi connectivity index (χ2v) is 11.2. The Kier molecular flexibility index (Phi) is 8.90. The van der Waals surface area contributed by atoms with Crippen LogP contribution in [0, 0.1) is 5.82 Å². The largest absolute Gasteiger partial charge is 0.494 e. The lowest BCUT2D eigenvalue weighted by Crippen LogP contribution is -2.54. The van der Waals surface area contributed by atoms with Gasteiger partial charge in [0.05, 0.1) is 37.5 Å². The van der Waals surface area contributed by atoms with E-state index < -0.39 is 12.0 Å². The maximum atomic E-state index is 14.6. The van der Waals surface area contributed by atoms with Crippen molar-refractivity contribution in [3.05, 3.63) is 95.3 Å². The van der Waals surface area contributed by atoms with Gasteiger partial charge in [-0.25, -0.2) is 4.39 Å². The Hall–Kier alpha value is -3.95. The molecule has 0 saturated carbocycles. The number of anilines is 1. The molecule has 3 aromatic rings. The van der Waals surface area contributed by atoms with Crippen LogP contribution < -0.4 is 9.64 Å². The summed E-state index contributed by atoms with van der Waals surface area (Å²) in [5.74, 6) is -0.148. The second-order valence-electron chi connectivity index (χ2n) is 11.2. The zero-order valence-electron chi connectivity index (χ0n) is 24.7. The number of rotatable bonds is 8. The van der Waals surface area contributed by atoms with E-state index in [1.54, 1.807) is 12.1 Å². The van der Waals surface area contributed by atoms with Crippen molar-refractivity contribution in [2.45, 2.75) is 18.9 Å². The number of benzene rings is 3. The number of morpholine rings is 1. The highest BCUT2D eigenvalue weighted by Gasteiger charge is 2.45. The van der Waals surface area contributed by atoms with E-state index in [2.05, 4.69) is 4.90 Å². The van der Waals surface area contributed by atoms with Crippen molar-refractivity contribution in [1.82, 2.24) is 14.7 Å². The van der Waals surface area contributed by atoms with Gasteiger partial charge in [0.25, 0.3) is 5.91 Å². The molecule has 0 spiro atoms. The summed E-state index contributed by atoms with van der Waals surface area (Å²) in [6.45, 7) is 8.72. The molecule has 0 bridgehead atoms. The van der Waals surface area contributed by atoms with Crippen LogP contribution in [0.1, 0.15) is 40.4 Å². The molecule has 9 heteroatoms. The third kappa shape index (κ3) is 6.10. The highest BCUT2D eigenvalue weighted by molar-refractivity contribution is 6.01. The fourth-order valence-electron chi connectivity index (χ4n) is 6.55. The quantitative estimate of drug-likeness (QED) is 0.395. The van der Waals surface area contributed by atoms with Crippen LogP contribution in [-0.2, 0) is 9.53 Å². The van der Waals surface area contributed by atoms with Gasteiger partial charge in [-0.3, -0.25) is 14.5 Å². The van der Waals surface area contributed by atoms with E-state index in [0.29, 0.717) is 70.3 Å². The Morgan fingerprint density at radius 2 is 1.58 bits per heavy atom. The molecular weight excluding hydrogens is 547 g/mol. The lowest BCUT2D eigenvalue weighted by Gasteiger charge is -2.45. The Morgan fingerprint density at radius 3 is 2.30 bits per heavy atom. The van der Waals surface area contributed by atoms with E-state index in [4.69, 9.17) is 9.47 Å². The number of piperazine rings is 1. The molecule has 0 aromatic heterocycles. The number of amides is 2. The summed E-state index contributed by atoms with van der Waals surface area (Å²) >= 11 is 0. The molecule has 0 unspecified atom stereocenters. The third-order valence-corrected chi connectivity index (χ3v) is 8.78. The summed E-state index contributed by atoms with van der Waals surface area (Å²) in [4.78, 5) is 36.8. The van der Waals surface area contributed by atoms with Gasteiger partial charge in [-0.2, -0.15) is 0 Å². The number of halogens is 1. The first-order chi connectivity index (χ1) is 21.0. The SMILES string of the molecule is CCOc1ccc([C@@H]2[C@H](C(=O)N3CCN(c4ccccc4F)CC3)c3ccccc3C(=O)N2CCN2CCOCC2)cc1. The van der Waals surface area contributed by atoms with Gasteiger partial charge in [0.1, 0.15) is 11.6 Å².